The van der Waals surface area contributed by atoms with Gasteiger partial charge in [-0.15, -0.1) is 0 Å². The van der Waals surface area contributed by atoms with Crippen LogP contribution in [-0.4, -0.2) is 39.5 Å². The highest BCUT2D eigenvalue weighted by molar-refractivity contribution is 5.96. The number of aryl methyl sites for hydroxylation is 1. The fourth-order valence-corrected chi connectivity index (χ4v) is 3.45. The summed E-state index contributed by atoms with van der Waals surface area (Å²) < 4.78 is 0. The van der Waals surface area contributed by atoms with Crippen molar-refractivity contribution in [1.29, 1.82) is 0 Å². The highest BCUT2D eigenvalue weighted by Gasteiger charge is 2.20. The van der Waals surface area contributed by atoms with Crippen molar-refractivity contribution in [3.8, 4) is 11.3 Å². The summed E-state index contributed by atoms with van der Waals surface area (Å²) >= 11 is 0. The van der Waals surface area contributed by atoms with Gasteiger partial charge < -0.3 is 4.90 Å². The molecule has 7 heteroatoms. The van der Waals surface area contributed by atoms with Crippen molar-refractivity contribution in [1.82, 2.24) is 15.1 Å². The van der Waals surface area contributed by atoms with Gasteiger partial charge in [-0.05, 0) is 38.3 Å². The minimum Gasteiger partial charge on any atom is -0.342 e. The molecule has 3 aromatic rings. The Morgan fingerprint density at radius 1 is 1.10 bits per heavy atom. The molecule has 1 N–H and O–H groups in total. The maximum absolute atomic E-state index is 12.7. The lowest BCUT2D eigenvalue weighted by molar-refractivity contribution is -0.385. The molecule has 0 saturated carbocycles. The van der Waals surface area contributed by atoms with Crippen LogP contribution in [0, 0.1) is 17.0 Å². The minimum atomic E-state index is -0.454. The van der Waals surface area contributed by atoms with E-state index in [4.69, 9.17) is 0 Å². The number of unbranched alkanes of at least 4 members (excludes halogenated alkanes) is 2. The zero-order chi connectivity index (χ0) is 21.5. The minimum absolute atomic E-state index is 0.0244. The Morgan fingerprint density at radius 3 is 2.60 bits per heavy atom. The van der Waals surface area contributed by atoms with Crippen LogP contribution in [0.3, 0.4) is 0 Å². The van der Waals surface area contributed by atoms with Crippen LogP contribution < -0.4 is 0 Å². The standard InChI is InChI=1S/C23H26N4O3/c1-17-20(13-9-14-22(17)27(29)30)23(28)26(2)15-8-4-7-12-19-16-21(25-24-19)18-10-5-3-6-11-18/h3,5-6,9-11,13-14,16H,4,7-8,12,15H2,1-2H3,(H,24,25). The number of amides is 1. The molecule has 0 atom stereocenters. The smallest absolute Gasteiger partial charge is 0.273 e. The summed E-state index contributed by atoms with van der Waals surface area (Å²) in [4.78, 5) is 24.9. The maximum Gasteiger partial charge on any atom is 0.273 e. The number of rotatable bonds is 9. The van der Waals surface area contributed by atoms with Gasteiger partial charge >= 0.3 is 0 Å². The van der Waals surface area contributed by atoms with Crippen LogP contribution in [0.4, 0.5) is 5.69 Å². The van der Waals surface area contributed by atoms with Gasteiger partial charge in [0, 0.05) is 42.0 Å². The van der Waals surface area contributed by atoms with Crippen molar-refractivity contribution in [3.05, 3.63) is 81.5 Å². The molecule has 0 aliphatic rings. The van der Waals surface area contributed by atoms with Crippen LogP contribution in [0.15, 0.2) is 54.6 Å². The van der Waals surface area contributed by atoms with Crippen LogP contribution in [0.25, 0.3) is 11.3 Å². The molecule has 7 nitrogen and oxygen atoms in total. The Balaban J connectivity index is 1.45. The number of benzene rings is 2. The van der Waals surface area contributed by atoms with Crippen molar-refractivity contribution in [3.63, 3.8) is 0 Å². The number of hydrogen-bond acceptors (Lipinski definition) is 4. The Bertz CT molecular complexity index is 1010. The predicted octanol–water partition coefficient (Wildman–Crippen LogP) is 4.78. The highest BCUT2D eigenvalue weighted by Crippen LogP contribution is 2.22. The molecule has 2 aromatic carbocycles. The van der Waals surface area contributed by atoms with E-state index in [1.807, 2.05) is 30.3 Å². The highest BCUT2D eigenvalue weighted by atomic mass is 16.6. The van der Waals surface area contributed by atoms with Gasteiger partial charge in [0.05, 0.1) is 10.6 Å². The van der Waals surface area contributed by atoms with E-state index in [-0.39, 0.29) is 11.6 Å². The fourth-order valence-electron chi connectivity index (χ4n) is 3.45. The molecule has 156 valence electrons. The van der Waals surface area contributed by atoms with E-state index < -0.39 is 4.92 Å². The van der Waals surface area contributed by atoms with Crippen LogP contribution >= 0.6 is 0 Å². The fraction of sp³-hybridized carbons (Fsp3) is 0.304. The van der Waals surface area contributed by atoms with Gasteiger partial charge in [0.15, 0.2) is 0 Å². The molecule has 0 radical (unpaired) electrons. The van der Waals surface area contributed by atoms with E-state index in [1.54, 1.807) is 31.0 Å². The second-order valence-electron chi connectivity index (χ2n) is 7.39. The van der Waals surface area contributed by atoms with Gasteiger partial charge in [0.25, 0.3) is 11.6 Å². The van der Waals surface area contributed by atoms with Crippen molar-refractivity contribution in [2.75, 3.05) is 13.6 Å². The largest absolute Gasteiger partial charge is 0.342 e. The quantitative estimate of drug-likeness (QED) is 0.314. The molecule has 3 rings (SSSR count). The molecule has 30 heavy (non-hydrogen) atoms. The first kappa shape index (κ1) is 21.2. The number of aromatic nitrogens is 2. The summed E-state index contributed by atoms with van der Waals surface area (Å²) in [6.45, 7) is 2.23. The van der Waals surface area contributed by atoms with Crippen molar-refractivity contribution >= 4 is 11.6 Å². The molecule has 0 saturated heterocycles. The first-order chi connectivity index (χ1) is 14.5. The third-order valence-corrected chi connectivity index (χ3v) is 5.22. The van der Waals surface area contributed by atoms with Gasteiger partial charge in [0.2, 0.25) is 0 Å². The van der Waals surface area contributed by atoms with Crippen molar-refractivity contribution in [2.45, 2.75) is 32.6 Å². The number of hydrogen-bond donors (Lipinski definition) is 1. The molecule has 1 aromatic heterocycles. The number of nitrogens with one attached hydrogen (secondary N) is 1. The number of carbonyl (C=O) groups is 1. The lowest BCUT2D eigenvalue weighted by atomic mass is 10.1. The third kappa shape index (κ3) is 5.11. The average molecular weight is 406 g/mol. The normalized spacial score (nSPS) is 10.7. The summed E-state index contributed by atoms with van der Waals surface area (Å²) in [7, 11) is 1.74. The maximum atomic E-state index is 12.7. The van der Waals surface area contributed by atoms with Crippen LogP contribution in [0.2, 0.25) is 0 Å². The topological polar surface area (TPSA) is 92.1 Å². The van der Waals surface area contributed by atoms with Gasteiger partial charge in [-0.2, -0.15) is 5.10 Å². The second-order valence-corrected chi connectivity index (χ2v) is 7.39. The van der Waals surface area contributed by atoms with Crippen molar-refractivity contribution in [2.24, 2.45) is 0 Å². The molecular formula is C23H26N4O3. The Hall–Kier alpha value is -3.48. The monoisotopic (exact) mass is 406 g/mol. The summed E-state index contributed by atoms with van der Waals surface area (Å²) in [5.41, 5.74) is 3.92. The van der Waals surface area contributed by atoms with Crippen LogP contribution in [0.1, 0.15) is 40.9 Å². The molecule has 0 spiro atoms. The molecule has 1 amide bonds. The van der Waals surface area contributed by atoms with E-state index in [2.05, 4.69) is 16.3 Å². The van der Waals surface area contributed by atoms with Gasteiger partial charge in [-0.1, -0.05) is 42.8 Å². The SMILES string of the molecule is Cc1c(C(=O)N(C)CCCCCc2cc(-c3ccccc3)n[nH]2)cccc1[N+](=O)[O-]. The van der Waals surface area contributed by atoms with Gasteiger partial charge in [-0.25, -0.2) is 0 Å². The molecule has 0 bridgehead atoms. The number of carbonyl (C=O) groups excluding carboxylic acids is 1. The summed E-state index contributed by atoms with van der Waals surface area (Å²) in [5, 5.41) is 18.6. The first-order valence-electron chi connectivity index (χ1n) is 10.1. The summed E-state index contributed by atoms with van der Waals surface area (Å²) in [6.07, 6.45) is 3.75. The van der Waals surface area contributed by atoms with E-state index in [0.29, 0.717) is 17.7 Å². The summed E-state index contributed by atoms with van der Waals surface area (Å²) in [6, 6.07) is 16.8. The predicted molar refractivity (Wildman–Crippen MR) is 116 cm³/mol. The molecule has 0 aliphatic heterocycles. The Labute approximate surface area is 175 Å². The average Bonchev–Trinajstić information content (AvgIpc) is 3.22. The van der Waals surface area contributed by atoms with E-state index in [0.717, 1.165) is 42.6 Å². The number of nitro benzene ring substituents is 1. The van der Waals surface area contributed by atoms with Crippen LogP contribution in [-0.2, 0) is 6.42 Å². The molecule has 0 aliphatic carbocycles. The second kappa shape index (κ2) is 9.82. The van der Waals surface area contributed by atoms with E-state index >= 15 is 0 Å². The van der Waals surface area contributed by atoms with E-state index in [1.165, 1.54) is 6.07 Å². The lowest BCUT2D eigenvalue weighted by Crippen LogP contribution is -2.28. The third-order valence-electron chi connectivity index (χ3n) is 5.22. The number of H-pyrrole nitrogens is 1. The van der Waals surface area contributed by atoms with Crippen LogP contribution in [0.5, 0.6) is 0 Å². The Kier molecular flexibility index (Phi) is 6.95. The number of aromatic amines is 1. The first-order valence-corrected chi connectivity index (χ1v) is 10.1. The van der Waals surface area contributed by atoms with Gasteiger partial charge in [-0.3, -0.25) is 20.0 Å². The molecule has 0 fully saturated rings. The molecule has 1 heterocycles. The zero-order valence-electron chi connectivity index (χ0n) is 17.3. The number of nitrogens with zero attached hydrogens (tertiary/aromatic N) is 3. The Morgan fingerprint density at radius 2 is 1.87 bits per heavy atom. The van der Waals surface area contributed by atoms with Crippen molar-refractivity contribution < 1.29 is 9.72 Å². The zero-order valence-corrected chi connectivity index (χ0v) is 17.3. The molecular weight excluding hydrogens is 380 g/mol. The van der Waals surface area contributed by atoms with E-state index in [9.17, 15) is 14.9 Å². The molecule has 0 unspecified atom stereocenters. The number of nitro groups is 1. The lowest BCUT2D eigenvalue weighted by Gasteiger charge is -2.18. The summed E-state index contributed by atoms with van der Waals surface area (Å²) in [5.74, 6) is -0.183. The van der Waals surface area contributed by atoms with Gasteiger partial charge in [0.1, 0.15) is 0 Å².